The second-order valence-corrected chi connectivity index (χ2v) is 17.8. The Morgan fingerprint density at radius 2 is 1.48 bits per heavy atom. The zero-order valence-electron chi connectivity index (χ0n) is 30.6. The first-order valence-electron chi connectivity index (χ1n) is 16.3. The Bertz CT molecular complexity index is 1980. The molecule has 1 unspecified atom stereocenters. The van der Waals surface area contributed by atoms with Crippen molar-refractivity contribution >= 4 is 74.0 Å². The van der Waals surface area contributed by atoms with Crippen LogP contribution >= 0.6 is 23.2 Å². The van der Waals surface area contributed by atoms with E-state index in [0.717, 1.165) is 9.80 Å². The minimum absolute atomic E-state index is 0.0711. The van der Waals surface area contributed by atoms with Gasteiger partial charge in [-0.05, 0) is 105 Å². The standard InChI is InChI=1S/C35H44Cl2N6O8S/c1-33(2,3)49-30(44)42(16-17-43(31(45)50-34(4,5)6)32(46)51-35(7,8)9)29-38-14-12-28(39-29)41-15-13-22-18-25(10-11-27(22)41)40-52(47,48)26-20-23(36)19-24(37)21-26/h10-15,18-20,26,40H,16-17,21H2,1-9H3. The van der Waals surface area contributed by atoms with Gasteiger partial charge in [-0.1, -0.05) is 23.2 Å². The highest BCUT2D eigenvalue weighted by Crippen LogP contribution is 2.30. The smallest absolute Gasteiger partial charge is 0.419 e. The maximum atomic E-state index is 13.6. The SMILES string of the molecule is CC(C)(C)OC(=O)N(CCN(C(=O)OC(C)(C)C)c1nccc(-n2ccc3cc(NS(=O)(=O)C4C=C(Cl)C=C(Cl)C4)ccc32)n1)C(=O)OC(C)(C)C. The van der Waals surface area contributed by atoms with Crippen LogP contribution in [0.2, 0.25) is 0 Å². The van der Waals surface area contributed by atoms with Crippen LogP contribution in [-0.2, 0) is 24.2 Å². The summed E-state index contributed by atoms with van der Waals surface area (Å²) in [5.41, 5.74) is -1.74. The van der Waals surface area contributed by atoms with Crippen LogP contribution in [0.1, 0.15) is 68.7 Å². The first kappa shape index (κ1) is 40.4. The van der Waals surface area contributed by atoms with Gasteiger partial charge in [0.05, 0.1) is 18.6 Å². The number of aromatic nitrogens is 3. The average molecular weight is 780 g/mol. The van der Waals surface area contributed by atoms with E-state index in [1.54, 1.807) is 103 Å². The number of ether oxygens (including phenoxy) is 3. The average Bonchev–Trinajstić information content (AvgIpc) is 3.39. The fraction of sp³-hybridized carbons (Fsp3) is 0.457. The first-order valence-corrected chi connectivity index (χ1v) is 18.6. The van der Waals surface area contributed by atoms with Gasteiger partial charge in [0.1, 0.15) is 27.9 Å². The van der Waals surface area contributed by atoms with Crippen molar-refractivity contribution in [3.8, 4) is 5.82 Å². The second-order valence-electron chi connectivity index (χ2n) is 15.0. The number of fused-ring (bicyclic) bond motifs is 1. The van der Waals surface area contributed by atoms with E-state index >= 15 is 0 Å². The van der Waals surface area contributed by atoms with E-state index < -0.39 is 50.4 Å². The highest BCUT2D eigenvalue weighted by molar-refractivity contribution is 7.93. The van der Waals surface area contributed by atoms with Crippen LogP contribution in [0.4, 0.5) is 26.0 Å². The topological polar surface area (TPSA) is 162 Å². The number of hydrogen-bond donors (Lipinski definition) is 1. The van der Waals surface area contributed by atoms with Crippen molar-refractivity contribution in [1.29, 1.82) is 0 Å². The number of imide groups is 1. The van der Waals surface area contributed by atoms with Gasteiger partial charge in [0.25, 0.3) is 0 Å². The molecule has 3 amide bonds. The molecule has 0 fully saturated rings. The summed E-state index contributed by atoms with van der Waals surface area (Å²) < 4.78 is 47.2. The molecule has 1 aliphatic carbocycles. The van der Waals surface area contributed by atoms with Crippen molar-refractivity contribution in [2.45, 2.75) is 90.8 Å². The van der Waals surface area contributed by atoms with Gasteiger partial charge in [-0.3, -0.25) is 4.72 Å². The summed E-state index contributed by atoms with van der Waals surface area (Å²) in [6.45, 7) is 14.4. The lowest BCUT2D eigenvalue weighted by atomic mass is 10.2. The Kier molecular flexibility index (Phi) is 11.9. The lowest BCUT2D eigenvalue weighted by molar-refractivity contribution is 0.00151. The van der Waals surface area contributed by atoms with Crippen molar-refractivity contribution < 1.29 is 37.0 Å². The number of carbonyl (C=O) groups is 3. The van der Waals surface area contributed by atoms with Gasteiger partial charge in [0, 0.05) is 40.0 Å². The first-order chi connectivity index (χ1) is 23.9. The van der Waals surface area contributed by atoms with E-state index in [1.807, 2.05) is 0 Å². The van der Waals surface area contributed by atoms with Gasteiger partial charge in [-0.2, -0.15) is 4.98 Å². The molecule has 0 radical (unpaired) electrons. The number of amides is 3. The number of allylic oxidation sites excluding steroid dienone is 3. The largest absolute Gasteiger partial charge is 0.443 e. The van der Waals surface area contributed by atoms with E-state index in [0.29, 0.717) is 27.4 Å². The highest BCUT2D eigenvalue weighted by atomic mass is 35.5. The van der Waals surface area contributed by atoms with Crippen LogP contribution < -0.4 is 9.62 Å². The molecule has 14 nitrogen and oxygen atoms in total. The normalized spacial score (nSPS) is 15.3. The molecule has 2 heterocycles. The summed E-state index contributed by atoms with van der Waals surface area (Å²) in [7, 11) is -3.87. The Labute approximate surface area is 313 Å². The Morgan fingerprint density at radius 3 is 2.06 bits per heavy atom. The van der Waals surface area contributed by atoms with E-state index in [9.17, 15) is 22.8 Å². The molecule has 2 aromatic heterocycles. The van der Waals surface area contributed by atoms with Gasteiger partial charge >= 0.3 is 18.3 Å². The zero-order chi connectivity index (χ0) is 38.8. The monoisotopic (exact) mass is 778 g/mol. The van der Waals surface area contributed by atoms with E-state index in [1.165, 1.54) is 18.3 Å². The number of hydrogen-bond acceptors (Lipinski definition) is 10. The lowest BCUT2D eigenvalue weighted by Gasteiger charge is -2.30. The summed E-state index contributed by atoms with van der Waals surface area (Å²) in [6, 6.07) is 8.40. The second kappa shape index (κ2) is 15.3. The molecule has 1 atom stereocenters. The van der Waals surface area contributed by atoms with Crippen LogP contribution in [0.5, 0.6) is 0 Å². The van der Waals surface area contributed by atoms with E-state index in [2.05, 4.69) is 14.7 Å². The summed E-state index contributed by atoms with van der Waals surface area (Å²) >= 11 is 12.1. The lowest BCUT2D eigenvalue weighted by Crippen LogP contribution is -2.48. The third-order valence-corrected chi connectivity index (χ3v) is 9.01. The van der Waals surface area contributed by atoms with E-state index in [-0.39, 0.29) is 30.5 Å². The van der Waals surface area contributed by atoms with Crippen molar-refractivity contribution in [3.63, 3.8) is 0 Å². The Morgan fingerprint density at radius 1 is 0.885 bits per heavy atom. The Hall–Kier alpha value is -4.34. The molecule has 0 saturated heterocycles. The van der Waals surface area contributed by atoms with Crippen LogP contribution in [0.3, 0.4) is 0 Å². The van der Waals surface area contributed by atoms with Gasteiger partial charge in [0.15, 0.2) is 0 Å². The fourth-order valence-electron chi connectivity index (χ4n) is 4.81. The van der Waals surface area contributed by atoms with Crippen molar-refractivity contribution in [2.75, 3.05) is 22.7 Å². The van der Waals surface area contributed by atoms with Crippen molar-refractivity contribution in [3.05, 3.63) is 64.9 Å². The van der Waals surface area contributed by atoms with Gasteiger partial charge in [-0.15, -0.1) is 0 Å². The predicted molar refractivity (Wildman–Crippen MR) is 200 cm³/mol. The number of halogens is 2. The quantitative estimate of drug-likeness (QED) is 0.221. The highest BCUT2D eigenvalue weighted by Gasteiger charge is 2.34. The zero-order valence-corrected chi connectivity index (χ0v) is 32.9. The number of anilines is 2. The molecule has 0 bridgehead atoms. The minimum atomic E-state index is -3.87. The number of nitrogens with one attached hydrogen (secondary N) is 1. The molecule has 0 saturated carbocycles. The van der Waals surface area contributed by atoms with Crippen LogP contribution in [-0.4, -0.2) is 81.3 Å². The summed E-state index contributed by atoms with van der Waals surface area (Å²) in [5.74, 6) is 0.291. The molecule has 282 valence electrons. The molecule has 4 rings (SSSR count). The molecule has 52 heavy (non-hydrogen) atoms. The molecule has 17 heteroatoms. The van der Waals surface area contributed by atoms with Crippen LogP contribution in [0.15, 0.2) is 64.9 Å². The number of benzene rings is 1. The summed E-state index contributed by atoms with van der Waals surface area (Å²) in [4.78, 5) is 50.7. The summed E-state index contributed by atoms with van der Waals surface area (Å²) in [5, 5.41) is 0.334. The van der Waals surface area contributed by atoms with Crippen LogP contribution in [0.25, 0.3) is 16.7 Å². The Balaban J connectivity index is 1.64. The molecular weight excluding hydrogens is 735 g/mol. The number of nitrogens with zero attached hydrogens (tertiary/aromatic N) is 5. The minimum Gasteiger partial charge on any atom is -0.443 e. The summed E-state index contributed by atoms with van der Waals surface area (Å²) in [6.07, 6.45) is 3.49. The van der Waals surface area contributed by atoms with Crippen molar-refractivity contribution in [1.82, 2.24) is 19.4 Å². The third kappa shape index (κ3) is 11.1. The maximum Gasteiger partial charge on any atom is 0.419 e. The number of sulfonamides is 1. The van der Waals surface area contributed by atoms with Gasteiger partial charge in [0.2, 0.25) is 16.0 Å². The molecular formula is C35H44Cl2N6O8S. The predicted octanol–water partition coefficient (Wildman–Crippen LogP) is 8.09. The maximum absolute atomic E-state index is 13.6. The van der Waals surface area contributed by atoms with E-state index in [4.69, 9.17) is 37.4 Å². The molecule has 0 spiro atoms. The fourth-order valence-corrected chi connectivity index (χ4v) is 6.94. The van der Waals surface area contributed by atoms with Crippen LogP contribution in [0, 0.1) is 0 Å². The molecule has 3 aromatic rings. The third-order valence-electron chi connectivity index (χ3n) is 6.89. The molecule has 1 aliphatic rings. The number of carbonyl (C=O) groups excluding carboxylic acids is 3. The molecule has 0 aliphatic heterocycles. The molecule has 1 N–H and O–H groups in total. The molecule has 1 aromatic carbocycles. The van der Waals surface area contributed by atoms with Gasteiger partial charge in [-0.25, -0.2) is 37.6 Å². The van der Waals surface area contributed by atoms with Gasteiger partial charge < -0.3 is 18.8 Å². The van der Waals surface area contributed by atoms with Crippen molar-refractivity contribution in [2.24, 2.45) is 0 Å². The number of rotatable bonds is 8.